The number of benzene rings is 2. The van der Waals surface area contributed by atoms with Gasteiger partial charge in [0.2, 0.25) is 0 Å². The molecule has 0 amide bonds. The monoisotopic (exact) mass is 425 g/mol. The number of nitrogens with zero attached hydrogens (tertiary/aromatic N) is 3. The lowest BCUT2D eigenvalue weighted by Gasteiger charge is -2.12. The van der Waals surface area contributed by atoms with Gasteiger partial charge in [-0.25, -0.2) is 18.1 Å². The molecule has 1 aromatic heterocycles. The van der Waals surface area contributed by atoms with Crippen molar-refractivity contribution in [3.05, 3.63) is 77.6 Å². The lowest BCUT2D eigenvalue weighted by molar-refractivity contribution is 0.601. The van der Waals surface area contributed by atoms with Crippen molar-refractivity contribution < 1.29 is 8.42 Å². The topological polar surface area (TPSA) is 88.4 Å². The molecular formula is C22H27N5O2S. The predicted molar refractivity (Wildman–Crippen MR) is 120 cm³/mol. The van der Waals surface area contributed by atoms with Gasteiger partial charge in [-0.2, -0.15) is 5.10 Å². The van der Waals surface area contributed by atoms with E-state index in [9.17, 15) is 8.42 Å². The van der Waals surface area contributed by atoms with Crippen LogP contribution < -0.4 is 10.6 Å². The summed E-state index contributed by atoms with van der Waals surface area (Å²) in [4.78, 5) is 4.98. The molecule has 158 valence electrons. The van der Waals surface area contributed by atoms with E-state index in [1.807, 2.05) is 48.1 Å². The quantitative estimate of drug-likeness (QED) is 0.449. The van der Waals surface area contributed by atoms with Crippen LogP contribution in [0.2, 0.25) is 0 Å². The molecule has 1 heterocycles. The molecule has 0 saturated heterocycles. The fraction of sp³-hybridized carbons (Fsp3) is 0.273. The van der Waals surface area contributed by atoms with Gasteiger partial charge < -0.3 is 10.6 Å². The molecule has 0 bridgehead atoms. The van der Waals surface area contributed by atoms with Crippen molar-refractivity contribution in [1.29, 1.82) is 0 Å². The summed E-state index contributed by atoms with van der Waals surface area (Å²) in [6.07, 6.45) is 4.89. The molecule has 0 aliphatic heterocycles. The zero-order valence-electron chi connectivity index (χ0n) is 17.5. The van der Waals surface area contributed by atoms with E-state index in [1.54, 1.807) is 19.2 Å². The number of sulfone groups is 1. The maximum atomic E-state index is 11.8. The first-order valence-electron chi connectivity index (χ1n) is 9.77. The average molecular weight is 426 g/mol. The average Bonchev–Trinajstić information content (AvgIpc) is 3.24. The summed E-state index contributed by atoms with van der Waals surface area (Å²) < 4.78 is 25.4. The number of aromatic nitrogens is 2. The zero-order chi connectivity index (χ0) is 21.6. The fourth-order valence-corrected chi connectivity index (χ4v) is 4.07. The van der Waals surface area contributed by atoms with Gasteiger partial charge in [0, 0.05) is 31.7 Å². The maximum Gasteiger partial charge on any atom is 0.191 e. The third-order valence-corrected chi connectivity index (χ3v) is 5.83. The van der Waals surface area contributed by atoms with E-state index in [0.29, 0.717) is 23.9 Å². The van der Waals surface area contributed by atoms with Crippen molar-refractivity contribution in [2.75, 3.05) is 12.8 Å². The van der Waals surface area contributed by atoms with Crippen molar-refractivity contribution in [3.63, 3.8) is 0 Å². The molecule has 3 rings (SSSR count). The van der Waals surface area contributed by atoms with Crippen LogP contribution >= 0.6 is 0 Å². The maximum absolute atomic E-state index is 11.8. The largest absolute Gasteiger partial charge is 0.357 e. The molecule has 0 aliphatic carbocycles. The summed E-state index contributed by atoms with van der Waals surface area (Å²) in [6, 6.07) is 15.4. The summed E-state index contributed by atoms with van der Waals surface area (Å²) in [6.45, 7) is 5.66. The molecule has 2 N–H and O–H groups in total. The third-order valence-electron chi connectivity index (χ3n) is 4.57. The molecule has 0 saturated carbocycles. The van der Waals surface area contributed by atoms with Gasteiger partial charge in [-0.1, -0.05) is 24.3 Å². The summed E-state index contributed by atoms with van der Waals surface area (Å²) in [7, 11) is -3.21. The van der Waals surface area contributed by atoms with Gasteiger partial charge in [0.05, 0.1) is 17.1 Å². The minimum Gasteiger partial charge on any atom is -0.357 e. The Morgan fingerprint density at radius 2 is 1.83 bits per heavy atom. The summed E-state index contributed by atoms with van der Waals surface area (Å²) in [5, 5.41) is 10.8. The van der Waals surface area contributed by atoms with E-state index in [4.69, 9.17) is 0 Å². The second-order valence-electron chi connectivity index (χ2n) is 7.04. The van der Waals surface area contributed by atoms with Crippen LogP contribution in [0.1, 0.15) is 23.6 Å². The SMILES string of the molecule is CCNC(=NCc1ccc(S(C)(=O)=O)c(C)c1)NCc1ccc(-n2cccn2)cc1. The summed E-state index contributed by atoms with van der Waals surface area (Å²) in [5.41, 5.74) is 3.84. The van der Waals surface area contributed by atoms with Gasteiger partial charge in [-0.3, -0.25) is 0 Å². The first-order valence-corrected chi connectivity index (χ1v) is 11.7. The molecule has 8 heteroatoms. The normalized spacial score (nSPS) is 12.0. The van der Waals surface area contributed by atoms with E-state index in [-0.39, 0.29) is 0 Å². The number of rotatable bonds is 7. The molecule has 3 aromatic rings. The van der Waals surface area contributed by atoms with Crippen LogP contribution in [-0.2, 0) is 22.9 Å². The van der Waals surface area contributed by atoms with E-state index in [0.717, 1.165) is 28.9 Å². The fourth-order valence-electron chi connectivity index (χ4n) is 3.11. The van der Waals surface area contributed by atoms with Crippen molar-refractivity contribution in [1.82, 2.24) is 20.4 Å². The van der Waals surface area contributed by atoms with Crippen LogP contribution in [0.15, 0.2) is 70.8 Å². The number of nitrogens with one attached hydrogen (secondary N) is 2. The second kappa shape index (κ2) is 9.58. The lowest BCUT2D eigenvalue weighted by atomic mass is 10.1. The van der Waals surface area contributed by atoms with Crippen LogP contribution in [0.25, 0.3) is 5.69 Å². The van der Waals surface area contributed by atoms with Crippen LogP contribution in [0, 0.1) is 6.92 Å². The smallest absolute Gasteiger partial charge is 0.191 e. The molecule has 0 fully saturated rings. The van der Waals surface area contributed by atoms with Gasteiger partial charge in [-0.15, -0.1) is 0 Å². The lowest BCUT2D eigenvalue weighted by Crippen LogP contribution is -2.36. The molecule has 2 aromatic carbocycles. The van der Waals surface area contributed by atoms with Crippen LogP contribution in [-0.4, -0.2) is 37.0 Å². The van der Waals surface area contributed by atoms with Gasteiger partial charge in [0.1, 0.15) is 0 Å². The Morgan fingerprint density at radius 3 is 2.43 bits per heavy atom. The summed E-state index contributed by atoms with van der Waals surface area (Å²) in [5.74, 6) is 0.707. The molecule has 0 unspecified atom stereocenters. The number of hydrogen-bond acceptors (Lipinski definition) is 4. The van der Waals surface area contributed by atoms with Crippen LogP contribution in [0.5, 0.6) is 0 Å². The number of aryl methyl sites for hydroxylation is 1. The van der Waals surface area contributed by atoms with Gasteiger partial charge in [0.25, 0.3) is 0 Å². The van der Waals surface area contributed by atoms with E-state index < -0.39 is 9.84 Å². The van der Waals surface area contributed by atoms with E-state index in [2.05, 4.69) is 32.9 Å². The Kier molecular flexibility index (Phi) is 6.89. The van der Waals surface area contributed by atoms with Gasteiger partial charge >= 0.3 is 0 Å². The highest BCUT2D eigenvalue weighted by Gasteiger charge is 2.10. The standard InChI is InChI=1S/C22H27N5O2S/c1-4-23-22(25-16-19-8-11-21(17(2)14-19)30(3,28)29)24-15-18-6-9-20(10-7-18)27-13-5-12-26-27/h5-14H,4,15-16H2,1-3H3,(H2,23,24,25). The highest BCUT2D eigenvalue weighted by atomic mass is 32.2. The van der Waals surface area contributed by atoms with Crippen molar-refractivity contribution in [2.24, 2.45) is 4.99 Å². The predicted octanol–water partition coefficient (Wildman–Crippen LogP) is 2.84. The third kappa shape index (κ3) is 5.70. The van der Waals surface area contributed by atoms with Crippen LogP contribution in [0.4, 0.5) is 0 Å². The number of aliphatic imine (C=N–C) groups is 1. The molecule has 0 spiro atoms. The van der Waals surface area contributed by atoms with Crippen LogP contribution in [0.3, 0.4) is 0 Å². The first-order chi connectivity index (χ1) is 14.4. The Labute approximate surface area is 177 Å². The Balaban J connectivity index is 1.64. The van der Waals surface area contributed by atoms with Gasteiger partial charge in [0.15, 0.2) is 15.8 Å². The Morgan fingerprint density at radius 1 is 1.10 bits per heavy atom. The molecule has 30 heavy (non-hydrogen) atoms. The summed E-state index contributed by atoms with van der Waals surface area (Å²) >= 11 is 0. The molecule has 0 aliphatic rings. The van der Waals surface area contributed by atoms with Crippen molar-refractivity contribution >= 4 is 15.8 Å². The Hall–Kier alpha value is -3.13. The minimum atomic E-state index is -3.21. The molecule has 0 atom stereocenters. The molecular weight excluding hydrogens is 398 g/mol. The first kappa shape index (κ1) is 21.6. The molecule has 0 radical (unpaired) electrons. The molecule has 7 nitrogen and oxygen atoms in total. The van der Waals surface area contributed by atoms with Gasteiger partial charge in [-0.05, 0) is 54.8 Å². The van der Waals surface area contributed by atoms with Crippen molar-refractivity contribution in [3.8, 4) is 5.69 Å². The minimum absolute atomic E-state index is 0.360. The highest BCUT2D eigenvalue weighted by molar-refractivity contribution is 7.90. The Bertz CT molecular complexity index is 1100. The van der Waals surface area contributed by atoms with Crippen molar-refractivity contribution in [2.45, 2.75) is 31.8 Å². The number of guanidine groups is 1. The zero-order valence-corrected chi connectivity index (χ0v) is 18.3. The second-order valence-corrected chi connectivity index (χ2v) is 9.02. The van der Waals surface area contributed by atoms with E-state index in [1.165, 1.54) is 6.26 Å². The highest BCUT2D eigenvalue weighted by Crippen LogP contribution is 2.17. The number of hydrogen-bond donors (Lipinski definition) is 2. The van der Waals surface area contributed by atoms with E-state index >= 15 is 0 Å².